The van der Waals surface area contributed by atoms with Crippen LogP contribution in [0.25, 0.3) is 5.82 Å². The molecule has 8 heteroatoms. The Labute approximate surface area is 168 Å². The Morgan fingerprint density at radius 3 is 2.52 bits per heavy atom. The van der Waals surface area contributed by atoms with Gasteiger partial charge >= 0.3 is 0 Å². The number of aromatic nitrogens is 4. The maximum atomic E-state index is 12.4. The highest BCUT2D eigenvalue weighted by Gasteiger charge is 2.24. The second-order valence-corrected chi connectivity index (χ2v) is 7.11. The molecule has 1 aliphatic carbocycles. The van der Waals surface area contributed by atoms with Crippen LogP contribution in [0, 0.1) is 12.8 Å². The molecule has 0 saturated heterocycles. The zero-order valence-corrected chi connectivity index (χ0v) is 16.1. The van der Waals surface area contributed by atoms with E-state index in [4.69, 9.17) is 0 Å². The summed E-state index contributed by atoms with van der Waals surface area (Å²) in [6.07, 6.45) is 5.79. The van der Waals surface area contributed by atoms with Crippen LogP contribution in [0.1, 0.15) is 31.5 Å². The molecule has 0 radical (unpaired) electrons. The van der Waals surface area contributed by atoms with Gasteiger partial charge in [-0.05, 0) is 50.1 Å². The first-order chi connectivity index (χ1) is 14.1. The quantitative estimate of drug-likeness (QED) is 0.692. The molecule has 8 nitrogen and oxygen atoms in total. The van der Waals surface area contributed by atoms with Crippen LogP contribution >= 0.6 is 0 Å². The van der Waals surface area contributed by atoms with E-state index in [-0.39, 0.29) is 17.6 Å². The number of carbonyl (C=O) groups is 2. The van der Waals surface area contributed by atoms with Crippen molar-refractivity contribution in [3.8, 4) is 5.82 Å². The van der Waals surface area contributed by atoms with Gasteiger partial charge in [-0.3, -0.25) is 9.59 Å². The van der Waals surface area contributed by atoms with Crippen LogP contribution in [0.4, 0.5) is 17.2 Å². The Balaban J connectivity index is 1.41. The summed E-state index contributed by atoms with van der Waals surface area (Å²) in [6.45, 7) is 1.83. The van der Waals surface area contributed by atoms with Gasteiger partial charge in [0.15, 0.2) is 5.82 Å². The summed E-state index contributed by atoms with van der Waals surface area (Å²) in [4.78, 5) is 32.5. The van der Waals surface area contributed by atoms with Gasteiger partial charge in [0.1, 0.15) is 17.4 Å². The SMILES string of the molecule is Cc1nc(Nc2ccc(NC(=O)C3CCC(=O)CC3)cc2)cc(-n2cccn2)n1. The lowest BCUT2D eigenvalue weighted by Crippen LogP contribution is -2.27. The van der Waals surface area contributed by atoms with Gasteiger partial charge in [0.2, 0.25) is 5.91 Å². The third-order valence-corrected chi connectivity index (χ3v) is 4.90. The van der Waals surface area contributed by atoms with Crippen molar-refractivity contribution in [2.45, 2.75) is 32.6 Å². The fraction of sp³-hybridized carbons (Fsp3) is 0.286. The Bertz CT molecular complexity index is 1000. The van der Waals surface area contributed by atoms with Crippen LogP contribution in [-0.2, 0) is 9.59 Å². The molecule has 3 aromatic rings. The number of anilines is 3. The molecule has 1 aliphatic rings. The minimum absolute atomic E-state index is 0.0199. The first-order valence-electron chi connectivity index (χ1n) is 9.62. The van der Waals surface area contributed by atoms with Gasteiger partial charge in [0.25, 0.3) is 0 Å². The summed E-state index contributed by atoms with van der Waals surface area (Å²) in [5, 5.41) is 10.4. The third-order valence-electron chi connectivity index (χ3n) is 4.90. The normalized spacial score (nSPS) is 14.6. The first-order valence-corrected chi connectivity index (χ1v) is 9.62. The molecule has 2 heterocycles. The van der Waals surface area contributed by atoms with Gasteiger partial charge in [-0.2, -0.15) is 5.10 Å². The molecule has 0 spiro atoms. The highest BCUT2D eigenvalue weighted by molar-refractivity contribution is 5.94. The number of carbonyl (C=O) groups excluding carboxylic acids is 2. The van der Waals surface area contributed by atoms with E-state index in [1.807, 2.05) is 49.5 Å². The summed E-state index contributed by atoms with van der Waals surface area (Å²) in [7, 11) is 0. The molecule has 1 amide bonds. The summed E-state index contributed by atoms with van der Waals surface area (Å²) in [5.74, 6) is 2.12. The van der Waals surface area contributed by atoms with Crippen molar-refractivity contribution in [3.05, 3.63) is 54.6 Å². The van der Waals surface area contributed by atoms with Crippen LogP contribution in [-0.4, -0.2) is 31.4 Å². The minimum atomic E-state index is -0.0878. The second-order valence-electron chi connectivity index (χ2n) is 7.11. The minimum Gasteiger partial charge on any atom is -0.340 e. The van der Waals surface area contributed by atoms with E-state index in [0.29, 0.717) is 43.1 Å². The van der Waals surface area contributed by atoms with E-state index in [0.717, 1.165) is 11.4 Å². The smallest absolute Gasteiger partial charge is 0.227 e. The van der Waals surface area contributed by atoms with E-state index in [9.17, 15) is 9.59 Å². The van der Waals surface area contributed by atoms with Crippen molar-refractivity contribution in [2.75, 3.05) is 10.6 Å². The number of aryl methyl sites for hydroxylation is 1. The number of ketones is 1. The number of Topliss-reactive ketones (excluding diaryl/α,β-unsaturated/α-hetero) is 1. The first kappa shape index (κ1) is 18.8. The predicted molar refractivity (Wildman–Crippen MR) is 109 cm³/mol. The fourth-order valence-corrected chi connectivity index (χ4v) is 3.37. The highest BCUT2D eigenvalue weighted by Crippen LogP contribution is 2.24. The van der Waals surface area contributed by atoms with Crippen molar-refractivity contribution in [3.63, 3.8) is 0 Å². The zero-order chi connectivity index (χ0) is 20.2. The molecule has 148 valence electrons. The van der Waals surface area contributed by atoms with Crippen LogP contribution in [0.2, 0.25) is 0 Å². The third kappa shape index (κ3) is 4.66. The van der Waals surface area contributed by atoms with Crippen molar-refractivity contribution in [2.24, 2.45) is 5.92 Å². The molecule has 29 heavy (non-hydrogen) atoms. The molecule has 0 unspecified atom stereocenters. The van der Waals surface area contributed by atoms with Crippen molar-refractivity contribution in [1.82, 2.24) is 19.7 Å². The summed E-state index contributed by atoms with van der Waals surface area (Å²) < 4.78 is 1.68. The molecule has 2 N–H and O–H groups in total. The molecule has 0 atom stereocenters. The molecule has 0 aliphatic heterocycles. The summed E-state index contributed by atoms with van der Waals surface area (Å²) in [5.41, 5.74) is 1.57. The zero-order valence-electron chi connectivity index (χ0n) is 16.1. The summed E-state index contributed by atoms with van der Waals surface area (Å²) >= 11 is 0. The van der Waals surface area contributed by atoms with Crippen molar-refractivity contribution >= 4 is 28.9 Å². The maximum Gasteiger partial charge on any atom is 0.227 e. The Kier molecular flexibility index (Phi) is 5.33. The number of amides is 1. The van der Waals surface area contributed by atoms with Crippen molar-refractivity contribution in [1.29, 1.82) is 0 Å². The van der Waals surface area contributed by atoms with E-state index in [1.165, 1.54) is 0 Å². The predicted octanol–water partition coefficient (Wildman–Crippen LogP) is 3.41. The largest absolute Gasteiger partial charge is 0.340 e. The van der Waals surface area contributed by atoms with Crippen LogP contribution in [0.15, 0.2) is 48.8 Å². The maximum absolute atomic E-state index is 12.4. The molecule has 1 saturated carbocycles. The van der Waals surface area contributed by atoms with Gasteiger partial charge in [-0.25, -0.2) is 14.6 Å². The summed E-state index contributed by atoms with van der Waals surface area (Å²) in [6, 6.07) is 11.1. The number of rotatable bonds is 5. The average Bonchev–Trinajstić information content (AvgIpc) is 3.24. The van der Waals surface area contributed by atoms with Crippen LogP contribution in [0.3, 0.4) is 0 Å². The Morgan fingerprint density at radius 1 is 1.10 bits per heavy atom. The number of benzene rings is 1. The van der Waals surface area contributed by atoms with Gasteiger partial charge in [0, 0.05) is 48.6 Å². The second kappa shape index (κ2) is 8.22. The Hall–Kier alpha value is -3.55. The molecule has 1 aromatic carbocycles. The number of hydrogen-bond acceptors (Lipinski definition) is 6. The monoisotopic (exact) mass is 390 g/mol. The molecule has 4 rings (SSSR count). The fourth-order valence-electron chi connectivity index (χ4n) is 3.37. The molecule has 1 fully saturated rings. The van der Waals surface area contributed by atoms with E-state index in [1.54, 1.807) is 10.9 Å². The molecular formula is C21H22N6O2. The van der Waals surface area contributed by atoms with Crippen molar-refractivity contribution < 1.29 is 9.59 Å². The lowest BCUT2D eigenvalue weighted by molar-refractivity contribution is -0.125. The lowest BCUT2D eigenvalue weighted by atomic mass is 9.88. The van der Waals surface area contributed by atoms with E-state index < -0.39 is 0 Å². The van der Waals surface area contributed by atoms with Crippen LogP contribution < -0.4 is 10.6 Å². The van der Waals surface area contributed by atoms with Gasteiger partial charge in [-0.15, -0.1) is 0 Å². The standard InChI is InChI=1S/C21H22N6O2/c1-14-23-19(13-20(24-14)27-12-2-11-22-27)25-16-5-7-17(8-6-16)26-21(29)15-3-9-18(28)10-4-15/h2,5-8,11-13,15H,3-4,9-10H2,1H3,(H,26,29)(H,23,24,25). The highest BCUT2D eigenvalue weighted by atomic mass is 16.2. The van der Waals surface area contributed by atoms with Gasteiger partial charge in [0.05, 0.1) is 0 Å². The van der Waals surface area contributed by atoms with Gasteiger partial charge in [-0.1, -0.05) is 0 Å². The average molecular weight is 390 g/mol. The van der Waals surface area contributed by atoms with Gasteiger partial charge < -0.3 is 10.6 Å². The number of nitrogens with one attached hydrogen (secondary N) is 2. The van der Waals surface area contributed by atoms with E-state index >= 15 is 0 Å². The number of nitrogens with zero attached hydrogens (tertiary/aromatic N) is 4. The Morgan fingerprint density at radius 2 is 1.83 bits per heavy atom. The topological polar surface area (TPSA) is 102 Å². The molecule has 2 aromatic heterocycles. The molecule has 0 bridgehead atoms. The van der Waals surface area contributed by atoms with E-state index in [2.05, 4.69) is 25.7 Å². The number of hydrogen-bond donors (Lipinski definition) is 2. The molecular weight excluding hydrogens is 368 g/mol. The van der Waals surface area contributed by atoms with Crippen LogP contribution in [0.5, 0.6) is 0 Å². The lowest BCUT2D eigenvalue weighted by Gasteiger charge is -2.20.